The lowest BCUT2D eigenvalue weighted by Crippen LogP contribution is -1.96. The Balaban J connectivity index is 1.44. The number of nitrogens with one attached hydrogen (secondary N) is 1. The van der Waals surface area contributed by atoms with E-state index in [2.05, 4.69) is 26.6 Å². The van der Waals surface area contributed by atoms with Gasteiger partial charge in [-0.05, 0) is 36.0 Å². The van der Waals surface area contributed by atoms with Gasteiger partial charge in [-0.2, -0.15) is 0 Å². The van der Waals surface area contributed by atoms with Crippen LogP contribution in [0.3, 0.4) is 0 Å². The molecule has 3 aromatic heterocycles. The summed E-state index contributed by atoms with van der Waals surface area (Å²) in [7, 11) is 0. The number of thiazole rings is 1. The zero-order chi connectivity index (χ0) is 14.8. The third-order valence-corrected chi connectivity index (χ3v) is 5.88. The van der Waals surface area contributed by atoms with Crippen molar-refractivity contribution in [3.8, 4) is 0 Å². The number of benzene rings is 1. The number of para-hydroxylation sites is 1. The van der Waals surface area contributed by atoms with Gasteiger partial charge < -0.3 is 9.73 Å². The number of hydrogen-bond acceptors (Lipinski definition) is 8. The highest BCUT2D eigenvalue weighted by Crippen LogP contribution is 2.36. The Labute approximate surface area is 138 Å². The summed E-state index contributed by atoms with van der Waals surface area (Å²) in [6, 6.07) is 11.9. The number of furan rings is 1. The molecule has 8 heteroatoms. The van der Waals surface area contributed by atoms with Crippen molar-refractivity contribution in [1.29, 1.82) is 0 Å². The number of fused-ring (bicyclic) bond motifs is 1. The smallest absolute Gasteiger partial charge is 0.206 e. The van der Waals surface area contributed by atoms with Crippen LogP contribution in [-0.4, -0.2) is 15.2 Å². The normalized spacial score (nSPS) is 11.1. The van der Waals surface area contributed by atoms with E-state index in [0.29, 0.717) is 6.54 Å². The van der Waals surface area contributed by atoms with E-state index in [1.54, 1.807) is 29.4 Å². The first-order valence-corrected chi connectivity index (χ1v) is 8.95. The molecule has 0 spiro atoms. The minimum Gasteiger partial charge on any atom is -0.467 e. The van der Waals surface area contributed by atoms with Crippen LogP contribution in [0, 0.1) is 0 Å². The maximum Gasteiger partial charge on any atom is 0.206 e. The van der Waals surface area contributed by atoms with E-state index >= 15 is 0 Å². The highest BCUT2D eigenvalue weighted by Gasteiger charge is 2.10. The van der Waals surface area contributed by atoms with E-state index in [1.165, 1.54) is 16.0 Å². The molecule has 4 rings (SSSR count). The van der Waals surface area contributed by atoms with Gasteiger partial charge in [-0.1, -0.05) is 23.5 Å². The lowest BCUT2D eigenvalue weighted by Gasteiger charge is -1.96. The first kappa shape index (κ1) is 13.7. The summed E-state index contributed by atoms with van der Waals surface area (Å²) < 4.78 is 8.31. The van der Waals surface area contributed by atoms with E-state index < -0.39 is 0 Å². The fourth-order valence-corrected chi connectivity index (χ4v) is 4.88. The van der Waals surface area contributed by atoms with Crippen LogP contribution in [-0.2, 0) is 6.54 Å². The van der Waals surface area contributed by atoms with Crippen LogP contribution < -0.4 is 5.32 Å². The Morgan fingerprint density at radius 1 is 1.05 bits per heavy atom. The lowest BCUT2D eigenvalue weighted by atomic mass is 10.3. The molecule has 0 saturated carbocycles. The van der Waals surface area contributed by atoms with Crippen LogP contribution in [0.1, 0.15) is 5.76 Å². The SMILES string of the molecule is c1coc(CNc2nnc(Sc3nc4ccccc4s3)s2)c1. The minimum atomic E-state index is 0.605. The zero-order valence-electron chi connectivity index (χ0n) is 11.2. The van der Waals surface area contributed by atoms with Gasteiger partial charge in [0.15, 0.2) is 8.68 Å². The molecule has 1 N–H and O–H groups in total. The Morgan fingerprint density at radius 3 is 2.86 bits per heavy atom. The van der Waals surface area contributed by atoms with Crippen LogP contribution in [0.4, 0.5) is 5.13 Å². The predicted octanol–water partition coefficient (Wildman–Crippen LogP) is 4.50. The summed E-state index contributed by atoms with van der Waals surface area (Å²) in [6.45, 7) is 0.605. The number of rotatable bonds is 5. The van der Waals surface area contributed by atoms with Crippen LogP contribution >= 0.6 is 34.4 Å². The van der Waals surface area contributed by atoms with Crippen molar-refractivity contribution in [2.75, 3.05) is 5.32 Å². The Hall–Kier alpha value is -1.90. The van der Waals surface area contributed by atoms with Gasteiger partial charge >= 0.3 is 0 Å². The highest BCUT2D eigenvalue weighted by molar-refractivity contribution is 8.02. The molecule has 5 nitrogen and oxygen atoms in total. The monoisotopic (exact) mass is 346 g/mol. The van der Waals surface area contributed by atoms with Gasteiger partial charge in [0, 0.05) is 0 Å². The quantitative estimate of drug-likeness (QED) is 0.574. The molecule has 4 aromatic rings. The van der Waals surface area contributed by atoms with Crippen molar-refractivity contribution in [2.24, 2.45) is 0 Å². The highest BCUT2D eigenvalue weighted by atomic mass is 32.2. The molecule has 0 saturated heterocycles. The fraction of sp³-hybridized carbons (Fsp3) is 0.0714. The van der Waals surface area contributed by atoms with E-state index in [4.69, 9.17) is 4.42 Å². The number of hydrogen-bond donors (Lipinski definition) is 1. The lowest BCUT2D eigenvalue weighted by molar-refractivity contribution is 0.518. The molecule has 22 heavy (non-hydrogen) atoms. The van der Waals surface area contributed by atoms with Crippen molar-refractivity contribution in [2.45, 2.75) is 15.2 Å². The maximum atomic E-state index is 5.27. The molecule has 1 aromatic carbocycles. The number of aromatic nitrogens is 3. The van der Waals surface area contributed by atoms with Crippen LogP contribution in [0.2, 0.25) is 0 Å². The standard InChI is InChI=1S/C14H10N4OS3/c1-2-6-11-10(5-1)16-13(20-11)22-14-18-17-12(21-14)15-8-9-4-3-7-19-9/h1-7H,8H2,(H,15,17). The summed E-state index contributed by atoms with van der Waals surface area (Å²) in [5.41, 5.74) is 1.02. The largest absolute Gasteiger partial charge is 0.467 e. The van der Waals surface area contributed by atoms with E-state index in [1.807, 2.05) is 30.3 Å². The van der Waals surface area contributed by atoms with Crippen molar-refractivity contribution in [3.63, 3.8) is 0 Å². The molecule has 0 aliphatic rings. The molecule has 0 amide bonds. The first-order valence-electron chi connectivity index (χ1n) is 6.50. The van der Waals surface area contributed by atoms with Crippen molar-refractivity contribution < 1.29 is 4.42 Å². The van der Waals surface area contributed by atoms with E-state index in [9.17, 15) is 0 Å². The average Bonchev–Trinajstić information content (AvgIpc) is 3.26. The molecule has 0 radical (unpaired) electrons. The predicted molar refractivity (Wildman–Crippen MR) is 89.7 cm³/mol. The molecule has 0 aliphatic carbocycles. The molecule has 0 fully saturated rings. The topological polar surface area (TPSA) is 63.8 Å². The molecule has 0 bridgehead atoms. The van der Waals surface area contributed by atoms with Gasteiger partial charge in [0.1, 0.15) is 5.76 Å². The number of anilines is 1. The average molecular weight is 346 g/mol. The van der Waals surface area contributed by atoms with Crippen LogP contribution in [0.25, 0.3) is 10.2 Å². The number of nitrogens with zero attached hydrogens (tertiary/aromatic N) is 3. The second-order valence-electron chi connectivity index (χ2n) is 4.36. The molecule has 110 valence electrons. The van der Waals surface area contributed by atoms with Crippen LogP contribution in [0.5, 0.6) is 0 Å². The van der Waals surface area contributed by atoms with Gasteiger partial charge in [-0.25, -0.2) is 4.98 Å². The Bertz CT molecular complexity index is 851. The zero-order valence-corrected chi connectivity index (χ0v) is 13.7. The van der Waals surface area contributed by atoms with Crippen molar-refractivity contribution in [1.82, 2.24) is 15.2 Å². The maximum absolute atomic E-state index is 5.27. The third kappa shape index (κ3) is 2.99. The van der Waals surface area contributed by atoms with Crippen molar-refractivity contribution >= 4 is 49.8 Å². The molecule has 0 aliphatic heterocycles. The fourth-order valence-electron chi connectivity index (χ4n) is 1.87. The van der Waals surface area contributed by atoms with Crippen molar-refractivity contribution in [3.05, 3.63) is 48.4 Å². The minimum absolute atomic E-state index is 0.605. The Morgan fingerprint density at radius 2 is 2.00 bits per heavy atom. The summed E-state index contributed by atoms with van der Waals surface area (Å²) in [4.78, 5) is 4.59. The molecule has 3 heterocycles. The van der Waals surface area contributed by atoms with Gasteiger partial charge in [-0.15, -0.1) is 21.5 Å². The van der Waals surface area contributed by atoms with Gasteiger partial charge in [0.25, 0.3) is 0 Å². The molecule has 0 unspecified atom stereocenters. The first-order chi connectivity index (χ1) is 10.9. The third-order valence-electron chi connectivity index (χ3n) is 2.85. The van der Waals surface area contributed by atoms with Gasteiger partial charge in [-0.3, -0.25) is 0 Å². The molecular formula is C14H10N4OS3. The van der Waals surface area contributed by atoms with Crippen LogP contribution in [0.15, 0.2) is 55.8 Å². The van der Waals surface area contributed by atoms with E-state index in [0.717, 1.165) is 25.1 Å². The van der Waals surface area contributed by atoms with E-state index in [-0.39, 0.29) is 0 Å². The summed E-state index contributed by atoms with van der Waals surface area (Å²) >= 11 is 4.73. The summed E-state index contributed by atoms with van der Waals surface area (Å²) in [5, 5.41) is 12.3. The second-order valence-corrected chi connectivity index (χ2v) is 7.86. The molecular weight excluding hydrogens is 336 g/mol. The summed E-state index contributed by atoms with van der Waals surface area (Å²) in [5.74, 6) is 0.871. The van der Waals surface area contributed by atoms with Gasteiger partial charge in [0.05, 0.1) is 23.0 Å². The molecule has 0 atom stereocenters. The Kier molecular flexibility index (Phi) is 3.79. The second kappa shape index (κ2) is 6.07. The van der Waals surface area contributed by atoms with Gasteiger partial charge in [0.2, 0.25) is 5.13 Å². The summed E-state index contributed by atoms with van der Waals surface area (Å²) in [6.07, 6.45) is 1.66.